The van der Waals surface area contributed by atoms with E-state index in [1.807, 2.05) is 46.2 Å². The minimum atomic E-state index is -0.956. The van der Waals surface area contributed by atoms with Gasteiger partial charge in [0, 0.05) is 18.2 Å². The molecule has 1 heterocycles. The van der Waals surface area contributed by atoms with Gasteiger partial charge in [-0.25, -0.2) is 4.79 Å². The van der Waals surface area contributed by atoms with Gasteiger partial charge in [0.1, 0.15) is 5.75 Å². The van der Waals surface area contributed by atoms with E-state index >= 15 is 0 Å². The third-order valence-corrected chi connectivity index (χ3v) is 8.02. The van der Waals surface area contributed by atoms with Gasteiger partial charge in [-0.3, -0.25) is 14.5 Å². The van der Waals surface area contributed by atoms with E-state index in [-0.39, 0.29) is 42.4 Å². The number of para-hydroxylation sites is 2. The molecule has 0 bridgehead atoms. The molecule has 2 aromatic carbocycles. The summed E-state index contributed by atoms with van der Waals surface area (Å²) in [6.07, 6.45) is 3.99. The van der Waals surface area contributed by atoms with Crippen molar-refractivity contribution in [3.63, 3.8) is 0 Å². The molecule has 2 aliphatic rings. The number of urea groups is 1. The summed E-state index contributed by atoms with van der Waals surface area (Å²) in [5, 5.41) is 11.4. The zero-order valence-corrected chi connectivity index (χ0v) is 22.8. The number of nitrogens with zero attached hydrogens (tertiary/aromatic N) is 2. The van der Waals surface area contributed by atoms with Crippen molar-refractivity contribution in [3.8, 4) is 5.75 Å². The van der Waals surface area contributed by atoms with Crippen molar-refractivity contribution in [3.05, 3.63) is 59.7 Å². The number of carbonyl (C=O) groups excluding carboxylic acids is 2. The zero-order valence-electron chi connectivity index (χ0n) is 22.8. The molecule has 0 radical (unpaired) electrons. The topological polar surface area (TPSA) is 99.2 Å². The second kappa shape index (κ2) is 11.5. The predicted molar refractivity (Wildman–Crippen MR) is 147 cm³/mol. The molecule has 4 rings (SSSR count). The molecular weight excluding hydrogens is 482 g/mol. The Morgan fingerprint density at radius 1 is 1.03 bits per heavy atom. The van der Waals surface area contributed by atoms with Gasteiger partial charge in [0.05, 0.1) is 31.8 Å². The summed E-state index contributed by atoms with van der Waals surface area (Å²) >= 11 is 0. The lowest BCUT2D eigenvalue weighted by molar-refractivity contribution is -0.136. The van der Waals surface area contributed by atoms with Gasteiger partial charge in [0.25, 0.3) is 5.91 Å². The van der Waals surface area contributed by atoms with E-state index in [2.05, 4.69) is 26.1 Å². The van der Waals surface area contributed by atoms with Crippen molar-refractivity contribution >= 4 is 23.6 Å². The Balaban J connectivity index is 1.59. The first kappa shape index (κ1) is 27.5. The quantitative estimate of drug-likeness (QED) is 0.479. The van der Waals surface area contributed by atoms with Gasteiger partial charge in [-0.05, 0) is 66.8 Å². The van der Waals surface area contributed by atoms with E-state index in [9.17, 15) is 14.4 Å². The average Bonchev–Trinajstić information content (AvgIpc) is 3.24. The number of carbonyl (C=O) groups is 3. The van der Waals surface area contributed by atoms with Crippen LogP contribution in [0.5, 0.6) is 5.75 Å². The Hall–Kier alpha value is -3.55. The number of benzene rings is 2. The number of carboxylic acid groups (broad SMARTS) is 1. The maximum absolute atomic E-state index is 14.0. The first-order valence-electron chi connectivity index (χ1n) is 13.4. The largest absolute Gasteiger partial charge is 0.495 e. The van der Waals surface area contributed by atoms with Gasteiger partial charge in [-0.15, -0.1) is 0 Å². The van der Waals surface area contributed by atoms with Gasteiger partial charge in [-0.2, -0.15) is 0 Å². The number of amides is 3. The van der Waals surface area contributed by atoms with Crippen LogP contribution in [-0.2, 0) is 4.79 Å². The molecule has 0 aromatic heterocycles. The van der Waals surface area contributed by atoms with Crippen LogP contribution in [0.2, 0.25) is 0 Å². The van der Waals surface area contributed by atoms with Crippen LogP contribution in [-0.4, -0.2) is 54.2 Å². The summed E-state index contributed by atoms with van der Waals surface area (Å²) in [5.41, 5.74) is 2.44. The summed E-state index contributed by atoms with van der Waals surface area (Å²) in [7, 11) is 1.61. The first-order valence-corrected chi connectivity index (χ1v) is 13.4. The number of nitrogens with one attached hydrogen (secondary N) is 1. The molecule has 204 valence electrons. The fourth-order valence-corrected chi connectivity index (χ4v) is 5.80. The van der Waals surface area contributed by atoms with Crippen LogP contribution < -0.4 is 15.0 Å². The minimum Gasteiger partial charge on any atom is -0.495 e. The van der Waals surface area contributed by atoms with E-state index in [0.29, 0.717) is 23.8 Å². The van der Waals surface area contributed by atoms with Crippen LogP contribution >= 0.6 is 0 Å². The summed E-state index contributed by atoms with van der Waals surface area (Å²) in [5.74, 6) is 0.0292. The van der Waals surface area contributed by atoms with Crippen LogP contribution in [0.1, 0.15) is 74.8 Å². The molecule has 8 nitrogen and oxygen atoms in total. The fraction of sp³-hybridized carbons (Fsp3) is 0.500. The summed E-state index contributed by atoms with van der Waals surface area (Å²) < 4.78 is 5.57. The summed E-state index contributed by atoms with van der Waals surface area (Å²) in [4.78, 5) is 41.0. The molecule has 0 spiro atoms. The molecule has 1 aliphatic carbocycles. The second-order valence-corrected chi connectivity index (χ2v) is 11.4. The zero-order chi connectivity index (χ0) is 27.4. The highest BCUT2D eigenvalue weighted by Gasteiger charge is 2.45. The van der Waals surface area contributed by atoms with E-state index in [0.717, 1.165) is 36.9 Å². The van der Waals surface area contributed by atoms with Crippen molar-refractivity contribution in [2.45, 2.75) is 65.0 Å². The van der Waals surface area contributed by atoms with Gasteiger partial charge in [0.2, 0.25) is 0 Å². The monoisotopic (exact) mass is 521 g/mol. The molecule has 1 saturated carbocycles. The van der Waals surface area contributed by atoms with Crippen molar-refractivity contribution in [2.75, 3.05) is 25.1 Å². The van der Waals surface area contributed by atoms with Crippen LogP contribution in [0.25, 0.3) is 0 Å². The third kappa shape index (κ3) is 5.95. The smallest absolute Gasteiger partial charge is 0.325 e. The number of aliphatic carboxylic acids is 1. The molecule has 2 N–H and O–H groups in total. The Morgan fingerprint density at radius 2 is 1.68 bits per heavy atom. The molecule has 1 unspecified atom stereocenters. The number of hydrogen-bond donors (Lipinski definition) is 2. The maximum atomic E-state index is 14.0. The SMILES string of the molecule is COc1ccccc1N1CC(c2ccc(C(=O)NCCC(=O)O)cc2)N(C2CCC(C(C)(C)C)CC2)C1=O. The van der Waals surface area contributed by atoms with E-state index in [1.54, 1.807) is 19.2 Å². The highest BCUT2D eigenvalue weighted by atomic mass is 16.5. The van der Waals surface area contributed by atoms with Crippen LogP contribution in [0.4, 0.5) is 10.5 Å². The second-order valence-electron chi connectivity index (χ2n) is 11.4. The predicted octanol–water partition coefficient (Wildman–Crippen LogP) is 5.49. The molecule has 2 fully saturated rings. The van der Waals surface area contributed by atoms with Crippen molar-refractivity contribution in [2.24, 2.45) is 11.3 Å². The van der Waals surface area contributed by atoms with Crippen LogP contribution in [0.3, 0.4) is 0 Å². The number of anilines is 1. The molecule has 1 atom stereocenters. The molecule has 1 saturated heterocycles. The van der Waals surface area contributed by atoms with Gasteiger partial charge >= 0.3 is 12.0 Å². The first-order chi connectivity index (χ1) is 18.1. The van der Waals surface area contributed by atoms with Crippen molar-refractivity contribution < 1.29 is 24.2 Å². The molecule has 8 heteroatoms. The Bertz CT molecular complexity index is 1150. The molecule has 2 aromatic rings. The van der Waals surface area contributed by atoms with Crippen molar-refractivity contribution in [1.29, 1.82) is 0 Å². The number of hydrogen-bond acceptors (Lipinski definition) is 4. The Labute approximate surface area is 225 Å². The van der Waals surface area contributed by atoms with E-state index < -0.39 is 5.97 Å². The van der Waals surface area contributed by atoms with Crippen LogP contribution in [0, 0.1) is 11.3 Å². The van der Waals surface area contributed by atoms with Crippen LogP contribution in [0.15, 0.2) is 48.5 Å². The highest BCUT2D eigenvalue weighted by Crippen LogP contribution is 2.44. The maximum Gasteiger partial charge on any atom is 0.325 e. The summed E-state index contributed by atoms with van der Waals surface area (Å²) in [6, 6.07) is 14.9. The highest BCUT2D eigenvalue weighted by molar-refractivity contribution is 5.97. The number of methoxy groups -OCH3 is 1. The number of carboxylic acids is 1. The average molecular weight is 522 g/mol. The minimum absolute atomic E-state index is 0.0193. The number of rotatable bonds is 8. The lowest BCUT2D eigenvalue weighted by Crippen LogP contribution is -2.43. The molecule has 1 aliphatic heterocycles. The molecule has 38 heavy (non-hydrogen) atoms. The Morgan fingerprint density at radius 3 is 2.29 bits per heavy atom. The summed E-state index contributed by atoms with van der Waals surface area (Å²) in [6.45, 7) is 7.45. The normalized spacial score (nSPS) is 21.9. The third-order valence-electron chi connectivity index (χ3n) is 8.02. The standard InChI is InChI=1S/C30H39N3O5/c1-30(2,3)22-13-15-23(16-14-22)33-25(19-32(29(33)37)24-7-5-6-8-26(24)38-4)20-9-11-21(12-10-20)28(36)31-18-17-27(34)35/h5-12,22-23,25H,13-19H2,1-4H3,(H,31,36)(H,34,35). The lowest BCUT2D eigenvalue weighted by Gasteiger charge is -2.41. The van der Waals surface area contributed by atoms with E-state index in [4.69, 9.17) is 9.84 Å². The molecule has 3 amide bonds. The molecular formula is C30H39N3O5. The lowest BCUT2D eigenvalue weighted by atomic mass is 9.71. The van der Waals surface area contributed by atoms with Crippen molar-refractivity contribution in [1.82, 2.24) is 10.2 Å². The van der Waals surface area contributed by atoms with E-state index in [1.165, 1.54) is 0 Å². The fourth-order valence-electron chi connectivity index (χ4n) is 5.80. The van der Waals surface area contributed by atoms with Gasteiger partial charge < -0.3 is 20.1 Å². The number of ether oxygens (including phenoxy) is 1. The Kier molecular flexibility index (Phi) is 8.29. The van der Waals surface area contributed by atoms with Gasteiger partial charge in [-0.1, -0.05) is 45.0 Å². The van der Waals surface area contributed by atoms with Gasteiger partial charge in [0.15, 0.2) is 0 Å².